The van der Waals surface area contributed by atoms with Gasteiger partial charge in [0.05, 0.1) is 17.9 Å². The third-order valence-corrected chi connectivity index (χ3v) is 5.29. The van der Waals surface area contributed by atoms with Crippen LogP contribution in [0.25, 0.3) is 0 Å². The molecular weight excluding hydrogens is 450 g/mol. The van der Waals surface area contributed by atoms with Gasteiger partial charge in [0.1, 0.15) is 12.4 Å². The van der Waals surface area contributed by atoms with Gasteiger partial charge in [0.25, 0.3) is 11.8 Å². The van der Waals surface area contributed by atoms with Gasteiger partial charge in [-0.3, -0.25) is 14.9 Å². The van der Waals surface area contributed by atoms with E-state index in [2.05, 4.69) is 16.0 Å². The van der Waals surface area contributed by atoms with Gasteiger partial charge in [0, 0.05) is 18.4 Å². The zero-order valence-electron chi connectivity index (χ0n) is 19.3. The van der Waals surface area contributed by atoms with Crippen LogP contribution in [-0.2, 0) is 4.74 Å². The summed E-state index contributed by atoms with van der Waals surface area (Å²) in [4.78, 5) is 25.4. The van der Waals surface area contributed by atoms with E-state index in [1.54, 1.807) is 55.6 Å². The number of ether oxygens (including phenoxy) is 2. The fourth-order valence-corrected chi connectivity index (χ4v) is 3.28. The van der Waals surface area contributed by atoms with E-state index in [4.69, 9.17) is 21.7 Å². The minimum Gasteiger partial charge on any atom is -0.491 e. The number of benzene rings is 3. The number of hydrogen-bond donors (Lipinski definition) is 3. The van der Waals surface area contributed by atoms with Crippen LogP contribution in [0.3, 0.4) is 0 Å². The van der Waals surface area contributed by atoms with Crippen molar-refractivity contribution >= 4 is 40.5 Å². The second-order valence-electron chi connectivity index (χ2n) is 7.57. The summed E-state index contributed by atoms with van der Waals surface area (Å²) in [5.74, 6) is -0.0273. The summed E-state index contributed by atoms with van der Waals surface area (Å²) in [6, 6.07) is 19.4. The Bertz CT molecular complexity index is 1180. The smallest absolute Gasteiger partial charge is 0.257 e. The molecule has 0 unspecified atom stereocenters. The van der Waals surface area contributed by atoms with E-state index in [0.717, 1.165) is 11.1 Å². The van der Waals surface area contributed by atoms with Crippen molar-refractivity contribution in [2.24, 2.45) is 0 Å². The van der Waals surface area contributed by atoms with E-state index >= 15 is 0 Å². The average molecular weight is 478 g/mol. The summed E-state index contributed by atoms with van der Waals surface area (Å²) >= 11 is 5.30. The lowest BCUT2D eigenvalue weighted by atomic mass is 10.1. The van der Waals surface area contributed by atoms with E-state index in [1.165, 1.54) is 0 Å². The van der Waals surface area contributed by atoms with Crippen LogP contribution < -0.4 is 20.7 Å². The summed E-state index contributed by atoms with van der Waals surface area (Å²) in [6.45, 7) is 4.91. The molecule has 2 amide bonds. The molecule has 176 valence electrons. The predicted octanol–water partition coefficient (Wildman–Crippen LogP) is 4.71. The van der Waals surface area contributed by atoms with Crippen LogP contribution in [0.1, 0.15) is 31.8 Å². The number of methoxy groups -OCH3 is 1. The molecule has 0 radical (unpaired) electrons. The molecule has 0 aliphatic heterocycles. The molecule has 0 bridgehead atoms. The number of anilines is 2. The number of thiocarbonyl (C=S) groups is 1. The summed E-state index contributed by atoms with van der Waals surface area (Å²) in [7, 11) is 1.60. The van der Waals surface area contributed by atoms with Crippen molar-refractivity contribution in [3.63, 3.8) is 0 Å². The van der Waals surface area contributed by atoms with Gasteiger partial charge in [-0.2, -0.15) is 0 Å². The van der Waals surface area contributed by atoms with E-state index in [9.17, 15) is 9.59 Å². The Hall–Kier alpha value is -3.75. The Morgan fingerprint density at radius 3 is 2.29 bits per heavy atom. The normalized spacial score (nSPS) is 10.3. The van der Waals surface area contributed by atoms with Crippen molar-refractivity contribution in [3.8, 4) is 5.75 Å². The number of carbonyl (C=O) groups excluding carboxylic acids is 2. The minimum atomic E-state index is -0.377. The van der Waals surface area contributed by atoms with E-state index < -0.39 is 0 Å². The lowest BCUT2D eigenvalue weighted by molar-refractivity contribution is 0.0976. The van der Waals surface area contributed by atoms with Crippen LogP contribution >= 0.6 is 12.2 Å². The molecule has 0 aliphatic carbocycles. The molecule has 0 aliphatic rings. The van der Waals surface area contributed by atoms with Gasteiger partial charge in [-0.25, -0.2) is 0 Å². The first-order valence-electron chi connectivity index (χ1n) is 10.7. The maximum atomic E-state index is 12.9. The fraction of sp³-hybridized carbons (Fsp3) is 0.192. The molecule has 3 aromatic carbocycles. The zero-order valence-corrected chi connectivity index (χ0v) is 20.1. The van der Waals surface area contributed by atoms with Gasteiger partial charge in [-0.1, -0.05) is 18.2 Å². The second-order valence-corrected chi connectivity index (χ2v) is 7.98. The molecule has 0 saturated heterocycles. The first-order valence-corrected chi connectivity index (χ1v) is 11.1. The quantitative estimate of drug-likeness (QED) is 0.322. The molecule has 3 aromatic rings. The maximum absolute atomic E-state index is 12.9. The Morgan fingerprint density at radius 1 is 0.853 bits per heavy atom. The SMILES string of the molecule is COCCOc1ccc(C(=O)NC(=S)Nc2ccccc2C(=O)Nc2ccc(C)c(C)c2)cc1. The Morgan fingerprint density at radius 2 is 1.59 bits per heavy atom. The summed E-state index contributed by atoms with van der Waals surface area (Å²) in [6.07, 6.45) is 0. The van der Waals surface area contributed by atoms with Gasteiger partial charge in [-0.15, -0.1) is 0 Å². The summed E-state index contributed by atoms with van der Waals surface area (Å²) in [5, 5.41) is 8.56. The van der Waals surface area contributed by atoms with Crippen LogP contribution in [-0.4, -0.2) is 37.3 Å². The van der Waals surface area contributed by atoms with E-state index in [0.29, 0.717) is 41.5 Å². The standard InChI is InChI=1S/C26H27N3O4S/c1-17-8-11-20(16-18(17)2)27-25(31)22-6-4-5-7-23(22)28-26(34)29-24(30)19-9-12-21(13-10-19)33-15-14-32-3/h4-13,16H,14-15H2,1-3H3,(H,27,31)(H2,28,29,30,34). The lowest BCUT2D eigenvalue weighted by Gasteiger charge is -2.14. The first kappa shape index (κ1) is 24.9. The van der Waals surface area contributed by atoms with E-state index in [1.807, 2.05) is 32.0 Å². The zero-order chi connectivity index (χ0) is 24.5. The molecule has 0 saturated carbocycles. The van der Waals surface area contributed by atoms with E-state index in [-0.39, 0.29) is 16.9 Å². The van der Waals surface area contributed by atoms with Gasteiger partial charge in [0.2, 0.25) is 0 Å². The Kier molecular flexibility index (Phi) is 8.73. The number of para-hydroxylation sites is 1. The largest absolute Gasteiger partial charge is 0.491 e. The molecule has 3 rings (SSSR count). The van der Waals surface area contributed by atoms with Crippen molar-refractivity contribution in [2.45, 2.75) is 13.8 Å². The maximum Gasteiger partial charge on any atom is 0.257 e. The highest BCUT2D eigenvalue weighted by molar-refractivity contribution is 7.80. The van der Waals surface area contributed by atoms with Crippen LogP contribution in [0.2, 0.25) is 0 Å². The predicted molar refractivity (Wildman–Crippen MR) is 138 cm³/mol. The van der Waals surface area contributed by atoms with Gasteiger partial charge in [-0.05, 0) is 85.7 Å². The molecule has 3 N–H and O–H groups in total. The number of aryl methyl sites for hydroxylation is 2. The molecule has 0 atom stereocenters. The monoisotopic (exact) mass is 477 g/mol. The molecular formula is C26H27N3O4S. The molecule has 8 heteroatoms. The second kappa shape index (κ2) is 11.9. The third-order valence-electron chi connectivity index (χ3n) is 5.08. The Labute approximate surface area is 204 Å². The van der Waals surface area contributed by atoms with Crippen molar-refractivity contribution in [3.05, 3.63) is 89.0 Å². The molecule has 7 nitrogen and oxygen atoms in total. The summed E-state index contributed by atoms with van der Waals surface area (Å²) < 4.78 is 10.4. The highest BCUT2D eigenvalue weighted by Crippen LogP contribution is 2.19. The van der Waals surface area contributed by atoms with Crippen molar-refractivity contribution in [1.29, 1.82) is 0 Å². The molecule has 0 aromatic heterocycles. The Balaban J connectivity index is 1.62. The van der Waals surface area contributed by atoms with Crippen LogP contribution in [0.4, 0.5) is 11.4 Å². The lowest BCUT2D eigenvalue weighted by Crippen LogP contribution is -2.34. The third kappa shape index (κ3) is 6.87. The number of hydrogen-bond acceptors (Lipinski definition) is 5. The van der Waals surface area contributed by atoms with Gasteiger partial charge >= 0.3 is 0 Å². The van der Waals surface area contributed by atoms with Gasteiger partial charge < -0.3 is 20.1 Å². The number of carbonyl (C=O) groups is 2. The van der Waals surface area contributed by atoms with Crippen molar-refractivity contribution in [2.75, 3.05) is 31.0 Å². The van der Waals surface area contributed by atoms with Crippen molar-refractivity contribution < 1.29 is 19.1 Å². The molecule has 34 heavy (non-hydrogen) atoms. The van der Waals surface area contributed by atoms with Gasteiger partial charge in [0.15, 0.2) is 5.11 Å². The van der Waals surface area contributed by atoms with Crippen LogP contribution in [0, 0.1) is 13.8 Å². The molecule has 0 fully saturated rings. The highest BCUT2D eigenvalue weighted by Gasteiger charge is 2.14. The fourth-order valence-electron chi connectivity index (χ4n) is 3.08. The number of rotatable bonds is 8. The number of amides is 2. The first-order chi connectivity index (χ1) is 16.4. The summed E-state index contributed by atoms with van der Waals surface area (Å²) in [5.41, 5.74) is 4.24. The average Bonchev–Trinajstić information content (AvgIpc) is 2.82. The van der Waals surface area contributed by atoms with Crippen molar-refractivity contribution in [1.82, 2.24) is 5.32 Å². The highest BCUT2D eigenvalue weighted by atomic mass is 32.1. The molecule has 0 spiro atoms. The van der Waals surface area contributed by atoms with Crippen LogP contribution in [0.15, 0.2) is 66.7 Å². The number of nitrogens with one attached hydrogen (secondary N) is 3. The molecule has 0 heterocycles. The topological polar surface area (TPSA) is 88.7 Å². The van der Waals surface area contributed by atoms with Crippen LogP contribution in [0.5, 0.6) is 5.75 Å². The minimum absolute atomic E-state index is 0.0804.